The first-order valence-corrected chi connectivity index (χ1v) is 9.32. The van der Waals surface area contributed by atoms with E-state index in [2.05, 4.69) is 43.8 Å². The van der Waals surface area contributed by atoms with Crippen LogP contribution in [0.25, 0.3) is 16.4 Å². The van der Waals surface area contributed by atoms with Gasteiger partial charge in [-0.2, -0.15) is 0 Å². The molecule has 3 heterocycles. The Morgan fingerprint density at radius 3 is 2.96 bits per heavy atom. The lowest BCUT2D eigenvalue weighted by Crippen LogP contribution is -2.40. The van der Waals surface area contributed by atoms with Crippen LogP contribution in [0.3, 0.4) is 0 Å². The van der Waals surface area contributed by atoms with Crippen molar-refractivity contribution in [1.29, 1.82) is 0 Å². The van der Waals surface area contributed by atoms with Crippen LogP contribution >= 0.6 is 0 Å². The van der Waals surface area contributed by atoms with Crippen LogP contribution in [0, 0.1) is 0 Å². The Morgan fingerprint density at radius 2 is 2.08 bits per heavy atom. The number of hydrogen-bond donors (Lipinski definition) is 1. The van der Waals surface area contributed by atoms with Crippen molar-refractivity contribution < 1.29 is 0 Å². The molecule has 0 aliphatic carbocycles. The minimum Gasteiger partial charge on any atom is -0.368 e. The number of tetrazole rings is 1. The Hall–Kier alpha value is -2.28. The topological polar surface area (TPSA) is 71.2 Å². The third kappa shape index (κ3) is 3.28. The average Bonchev–Trinajstić information content (AvgIpc) is 3.14. The Kier molecular flexibility index (Phi) is 4.74. The number of rotatable bonds is 6. The number of fused-ring (bicyclic) bond motifs is 3. The number of nitrogens with zero attached hydrogens (tertiary/aromatic N) is 6. The quantitative estimate of drug-likeness (QED) is 0.696. The third-order valence-electron chi connectivity index (χ3n) is 5.21. The van der Waals surface area contributed by atoms with Gasteiger partial charge in [0.05, 0.1) is 0 Å². The van der Waals surface area contributed by atoms with Crippen molar-refractivity contribution in [2.45, 2.75) is 45.1 Å². The molecular weight excluding hydrogens is 314 g/mol. The second-order valence-electron chi connectivity index (χ2n) is 6.76. The second-order valence-corrected chi connectivity index (χ2v) is 6.76. The normalized spacial score (nSPS) is 18.8. The Labute approximate surface area is 147 Å². The molecule has 0 radical (unpaired) electrons. The zero-order valence-corrected chi connectivity index (χ0v) is 14.7. The van der Waals surface area contributed by atoms with Crippen LogP contribution < -0.4 is 5.32 Å². The molecule has 2 aromatic heterocycles. The minimum absolute atomic E-state index is 0.695. The smallest absolute Gasteiger partial charge is 0.207 e. The molecule has 1 aliphatic rings. The van der Waals surface area contributed by atoms with Gasteiger partial charge in [0.15, 0.2) is 5.82 Å². The third-order valence-corrected chi connectivity index (χ3v) is 5.21. The average molecular weight is 339 g/mol. The van der Waals surface area contributed by atoms with Crippen molar-refractivity contribution in [2.75, 3.05) is 25.0 Å². The van der Waals surface area contributed by atoms with Gasteiger partial charge < -0.3 is 10.2 Å². The first kappa shape index (κ1) is 16.2. The Bertz CT molecular complexity index is 844. The maximum absolute atomic E-state index is 4.53. The Balaban J connectivity index is 1.44. The number of anilines is 1. The van der Waals surface area contributed by atoms with Gasteiger partial charge in [-0.25, -0.2) is 0 Å². The molecule has 25 heavy (non-hydrogen) atoms. The SMILES string of the molecule is CC[C@H]1CCCCN1CCCNc1nn2nnnc2c2ccccc12. The van der Waals surface area contributed by atoms with Crippen LogP contribution in [0.1, 0.15) is 39.0 Å². The fourth-order valence-corrected chi connectivity index (χ4v) is 3.88. The number of nitrogens with one attached hydrogen (secondary N) is 1. The van der Waals surface area contributed by atoms with Gasteiger partial charge in [0.1, 0.15) is 0 Å². The van der Waals surface area contributed by atoms with E-state index >= 15 is 0 Å². The molecule has 4 rings (SSSR count). The van der Waals surface area contributed by atoms with Crippen molar-refractivity contribution in [2.24, 2.45) is 0 Å². The molecule has 0 unspecified atom stereocenters. The zero-order valence-electron chi connectivity index (χ0n) is 14.7. The van der Waals surface area contributed by atoms with Gasteiger partial charge >= 0.3 is 0 Å². The van der Waals surface area contributed by atoms with E-state index in [0.717, 1.165) is 42.1 Å². The highest BCUT2D eigenvalue weighted by Crippen LogP contribution is 2.23. The van der Waals surface area contributed by atoms with Gasteiger partial charge in [0.25, 0.3) is 0 Å². The largest absolute Gasteiger partial charge is 0.368 e. The molecule has 7 nitrogen and oxygen atoms in total. The molecule has 1 atom stereocenters. The van der Waals surface area contributed by atoms with Crippen molar-refractivity contribution in [1.82, 2.24) is 30.2 Å². The molecular formula is C18H25N7. The van der Waals surface area contributed by atoms with Crippen LogP contribution in [0.2, 0.25) is 0 Å². The van der Waals surface area contributed by atoms with Crippen molar-refractivity contribution in [3.05, 3.63) is 24.3 Å². The van der Waals surface area contributed by atoms with Crippen molar-refractivity contribution in [3.63, 3.8) is 0 Å². The summed E-state index contributed by atoms with van der Waals surface area (Å²) in [5, 5.41) is 21.9. The standard InChI is InChI=1S/C18H25N7/c1-2-14-8-5-6-12-24(14)13-7-11-19-17-15-9-3-4-10-16(15)18-20-22-23-25(18)21-17/h3-4,9-10,14H,2,5-8,11-13H2,1H3,(H,19,21)/t14-/m0/s1. The highest BCUT2D eigenvalue weighted by Gasteiger charge is 2.19. The fraction of sp³-hybridized carbons (Fsp3) is 0.556. The zero-order chi connectivity index (χ0) is 17.1. The van der Waals surface area contributed by atoms with E-state index in [9.17, 15) is 0 Å². The lowest BCUT2D eigenvalue weighted by Gasteiger charge is -2.35. The summed E-state index contributed by atoms with van der Waals surface area (Å²) in [6, 6.07) is 8.90. The van der Waals surface area contributed by atoms with Crippen LogP contribution in [0.15, 0.2) is 24.3 Å². The summed E-state index contributed by atoms with van der Waals surface area (Å²) in [5.74, 6) is 0.848. The molecule has 1 aromatic carbocycles. The van der Waals surface area contributed by atoms with E-state index < -0.39 is 0 Å². The molecule has 0 amide bonds. The van der Waals surface area contributed by atoms with Gasteiger partial charge in [-0.1, -0.05) is 37.6 Å². The molecule has 1 saturated heterocycles. The molecule has 0 saturated carbocycles. The van der Waals surface area contributed by atoms with E-state index in [1.807, 2.05) is 18.2 Å². The summed E-state index contributed by atoms with van der Waals surface area (Å²) in [5.41, 5.74) is 0.695. The molecule has 0 spiro atoms. The summed E-state index contributed by atoms with van der Waals surface area (Å²) in [6.07, 6.45) is 6.45. The van der Waals surface area contributed by atoms with Gasteiger partial charge in [-0.3, -0.25) is 0 Å². The van der Waals surface area contributed by atoms with Crippen LogP contribution in [0.4, 0.5) is 5.82 Å². The summed E-state index contributed by atoms with van der Waals surface area (Å²) < 4.78 is 1.50. The molecule has 132 valence electrons. The van der Waals surface area contributed by atoms with Crippen LogP contribution in [0.5, 0.6) is 0 Å². The summed E-state index contributed by atoms with van der Waals surface area (Å²) in [4.78, 5) is 2.65. The maximum atomic E-state index is 4.53. The molecule has 0 bridgehead atoms. The monoisotopic (exact) mass is 339 g/mol. The summed E-state index contributed by atoms with van der Waals surface area (Å²) in [7, 11) is 0. The Morgan fingerprint density at radius 1 is 1.20 bits per heavy atom. The van der Waals surface area contributed by atoms with Crippen LogP contribution in [-0.2, 0) is 0 Å². The van der Waals surface area contributed by atoms with E-state index in [4.69, 9.17) is 0 Å². The van der Waals surface area contributed by atoms with Gasteiger partial charge in [0.2, 0.25) is 5.65 Å². The highest BCUT2D eigenvalue weighted by atomic mass is 15.6. The van der Waals surface area contributed by atoms with Crippen molar-refractivity contribution in [3.8, 4) is 0 Å². The first-order chi connectivity index (χ1) is 12.4. The summed E-state index contributed by atoms with van der Waals surface area (Å²) in [6.45, 7) is 5.60. The predicted octanol–water partition coefficient (Wildman–Crippen LogP) is 2.74. The van der Waals surface area contributed by atoms with E-state index in [1.165, 1.54) is 36.9 Å². The number of hydrogen-bond acceptors (Lipinski definition) is 6. The minimum atomic E-state index is 0.695. The molecule has 7 heteroatoms. The lowest BCUT2D eigenvalue weighted by atomic mass is 10.00. The lowest BCUT2D eigenvalue weighted by molar-refractivity contribution is 0.144. The second kappa shape index (κ2) is 7.31. The molecule has 1 aliphatic heterocycles. The van der Waals surface area contributed by atoms with Gasteiger partial charge in [-0.05, 0) is 42.7 Å². The molecule has 1 N–H and O–H groups in total. The number of benzene rings is 1. The first-order valence-electron chi connectivity index (χ1n) is 9.32. The van der Waals surface area contributed by atoms with Gasteiger partial charge in [-0.15, -0.1) is 14.8 Å². The highest BCUT2D eigenvalue weighted by molar-refractivity contribution is 5.99. The molecule has 1 fully saturated rings. The number of piperidine rings is 1. The molecule has 3 aromatic rings. The fourth-order valence-electron chi connectivity index (χ4n) is 3.88. The predicted molar refractivity (Wildman–Crippen MR) is 98.7 cm³/mol. The van der Waals surface area contributed by atoms with E-state index in [-0.39, 0.29) is 0 Å². The maximum Gasteiger partial charge on any atom is 0.207 e. The van der Waals surface area contributed by atoms with Gasteiger partial charge in [0, 0.05) is 29.9 Å². The number of aromatic nitrogens is 5. The summed E-state index contributed by atoms with van der Waals surface area (Å²) >= 11 is 0. The van der Waals surface area contributed by atoms with Crippen LogP contribution in [-0.4, -0.2) is 55.8 Å². The number of likely N-dealkylation sites (tertiary alicyclic amines) is 1. The van der Waals surface area contributed by atoms with E-state index in [0.29, 0.717) is 5.65 Å². The van der Waals surface area contributed by atoms with E-state index in [1.54, 1.807) is 0 Å². The van der Waals surface area contributed by atoms with Crippen molar-refractivity contribution >= 4 is 22.2 Å².